The van der Waals surface area contributed by atoms with Crippen LogP contribution in [0.1, 0.15) is 27.7 Å². The number of hydrogen-bond acceptors (Lipinski definition) is 4. The molecule has 6 heteroatoms. The van der Waals surface area contributed by atoms with Crippen LogP contribution in [-0.4, -0.2) is 37.6 Å². The van der Waals surface area contributed by atoms with Crippen molar-refractivity contribution >= 4 is 12.6 Å². The van der Waals surface area contributed by atoms with Gasteiger partial charge in [0.2, 0.25) is 0 Å². The number of rotatable bonds is 3. The fourth-order valence-corrected chi connectivity index (χ4v) is 2.20. The molecular formula is C15H20BFO4. The van der Waals surface area contributed by atoms with Crippen LogP contribution < -0.4 is 10.2 Å². The fraction of sp³-hybridized carbons (Fsp3) is 0.600. The van der Waals surface area contributed by atoms with E-state index in [9.17, 15) is 4.39 Å². The highest BCUT2D eigenvalue weighted by molar-refractivity contribution is 6.62. The molecule has 0 N–H and O–H groups in total. The second kappa shape index (κ2) is 4.97. The van der Waals surface area contributed by atoms with Crippen molar-refractivity contribution in [3.63, 3.8) is 0 Å². The number of ether oxygens (including phenoxy) is 2. The first-order chi connectivity index (χ1) is 9.78. The largest absolute Gasteiger partial charge is 0.494 e. The van der Waals surface area contributed by atoms with Crippen LogP contribution >= 0.6 is 0 Å². The highest BCUT2D eigenvalue weighted by atomic mass is 19.1. The van der Waals surface area contributed by atoms with Gasteiger partial charge in [-0.2, -0.15) is 0 Å². The molecule has 0 spiro atoms. The van der Waals surface area contributed by atoms with Crippen LogP contribution in [0.3, 0.4) is 0 Å². The summed E-state index contributed by atoms with van der Waals surface area (Å²) in [4.78, 5) is 0. The third-order valence-electron chi connectivity index (χ3n) is 4.38. The van der Waals surface area contributed by atoms with Gasteiger partial charge in [0.1, 0.15) is 6.10 Å². The Hall–Kier alpha value is -1.11. The summed E-state index contributed by atoms with van der Waals surface area (Å²) in [6, 6.07) is 4.81. The average Bonchev–Trinajstić information content (AvgIpc) is 2.54. The Morgan fingerprint density at radius 1 is 1.14 bits per heavy atom. The highest BCUT2D eigenvalue weighted by Crippen LogP contribution is 2.36. The van der Waals surface area contributed by atoms with Gasteiger partial charge in [0.25, 0.3) is 0 Å². The van der Waals surface area contributed by atoms with Crippen molar-refractivity contribution in [2.45, 2.75) is 45.0 Å². The number of hydrogen-bond donors (Lipinski definition) is 0. The SMILES string of the molecule is CC1(C)OB(c2ccc(OC3COC3)c(F)c2)OC1(C)C. The van der Waals surface area contributed by atoms with E-state index in [0.29, 0.717) is 18.7 Å². The molecule has 4 nitrogen and oxygen atoms in total. The molecule has 2 saturated heterocycles. The van der Waals surface area contributed by atoms with Gasteiger partial charge >= 0.3 is 7.12 Å². The van der Waals surface area contributed by atoms with Crippen molar-refractivity contribution in [1.82, 2.24) is 0 Å². The van der Waals surface area contributed by atoms with Crippen LogP contribution in [0.25, 0.3) is 0 Å². The third-order valence-corrected chi connectivity index (χ3v) is 4.38. The monoisotopic (exact) mass is 294 g/mol. The van der Waals surface area contributed by atoms with Gasteiger partial charge in [0.05, 0.1) is 24.4 Å². The highest BCUT2D eigenvalue weighted by Gasteiger charge is 2.51. The molecule has 2 aliphatic rings. The van der Waals surface area contributed by atoms with E-state index in [1.807, 2.05) is 27.7 Å². The second-order valence-corrected chi connectivity index (χ2v) is 6.56. The van der Waals surface area contributed by atoms with E-state index in [4.69, 9.17) is 18.8 Å². The van der Waals surface area contributed by atoms with E-state index in [-0.39, 0.29) is 11.9 Å². The predicted molar refractivity (Wildman–Crippen MR) is 77.4 cm³/mol. The Morgan fingerprint density at radius 2 is 1.76 bits per heavy atom. The molecule has 1 aromatic carbocycles. The van der Waals surface area contributed by atoms with Gasteiger partial charge in [-0.1, -0.05) is 6.07 Å². The quantitative estimate of drug-likeness (QED) is 0.798. The van der Waals surface area contributed by atoms with Crippen LogP contribution in [0.2, 0.25) is 0 Å². The van der Waals surface area contributed by atoms with E-state index in [1.54, 1.807) is 12.1 Å². The third kappa shape index (κ3) is 2.68. The van der Waals surface area contributed by atoms with Gasteiger partial charge in [-0.15, -0.1) is 0 Å². The lowest BCUT2D eigenvalue weighted by Crippen LogP contribution is -2.41. The van der Waals surface area contributed by atoms with E-state index in [0.717, 1.165) is 0 Å². The predicted octanol–water partition coefficient (Wildman–Crippen LogP) is 1.90. The first kappa shape index (κ1) is 14.8. The zero-order chi connectivity index (χ0) is 15.3. The van der Waals surface area contributed by atoms with Crippen LogP contribution in [0.4, 0.5) is 4.39 Å². The maximum absolute atomic E-state index is 14.1. The summed E-state index contributed by atoms with van der Waals surface area (Å²) in [7, 11) is -0.564. The molecule has 2 aliphatic heterocycles. The van der Waals surface area contributed by atoms with Crippen molar-refractivity contribution < 1.29 is 23.2 Å². The number of halogens is 1. The Morgan fingerprint density at radius 3 is 2.24 bits per heavy atom. The normalized spacial score (nSPS) is 24.0. The summed E-state index contributed by atoms with van der Waals surface area (Å²) in [6.07, 6.45) is -0.0535. The van der Waals surface area contributed by atoms with E-state index in [2.05, 4.69) is 0 Å². The molecule has 3 rings (SSSR count). The first-order valence-corrected chi connectivity index (χ1v) is 7.18. The lowest BCUT2D eigenvalue weighted by atomic mass is 9.79. The Bertz CT molecular complexity index is 526. The molecule has 21 heavy (non-hydrogen) atoms. The zero-order valence-corrected chi connectivity index (χ0v) is 12.8. The van der Waals surface area contributed by atoms with Crippen LogP contribution in [-0.2, 0) is 14.0 Å². The van der Waals surface area contributed by atoms with Crippen LogP contribution in [0.15, 0.2) is 18.2 Å². The van der Waals surface area contributed by atoms with Crippen LogP contribution in [0.5, 0.6) is 5.75 Å². The van der Waals surface area contributed by atoms with Gasteiger partial charge in [0, 0.05) is 0 Å². The molecule has 0 atom stereocenters. The van der Waals surface area contributed by atoms with E-state index < -0.39 is 24.1 Å². The fourth-order valence-electron chi connectivity index (χ4n) is 2.20. The molecular weight excluding hydrogens is 274 g/mol. The van der Waals surface area contributed by atoms with Gasteiger partial charge in [-0.25, -0.2) is 4.39 Å². The molecule has 0 aliphatic carbocycles. The molecule has 2 heterocycles. The average molecular weight is 294 g/mol. The second-order valence-electron chi connectivity index (χ2n) is 6.56. The first-order valence-electron chi connectivity index (χ1n) is 7.18. The van der Waals surface area contributed by atoms with Crippen molar-refractivity contribution in [3.05, 3.63) is 24.0 Å². The summed E-state index contributed by atoms with van der Waals surface area (Å²) in [5.41, 5.74) is -0.220. The molecule has 0 radical (unpaired) electrons. The maximum Gasteiger partial charge on any atom is 0.494 e. The summed E-state index contributed by atoms with van der Waals surface area (Å²) in [6.45, 7) is 8.90. The minimum Gasteiger partial charge on any atom is -0.483 e. The Labute approximate surface area is 124 Å². The smallest absolute Gasteiger partial charge is 0.483 e. The van der Waals surface area contributed by atoms with Gasteiger partial charge in [-0.05, 0) is 45.3 Å². The zero-order valence-electron chi connectivity index (χ0n) is 12.8. The summed E-state index contributed by atoms with van der Waals surface area (Å²) in [5, 5.41) is 0. The molecule has 0 amide bonds. The van der Waals surface area contributed by atoms with Crippen molar-refractivity contribution in [2.75, 3.05) is 13.2 Å². The van der Waals surface area contributed by atoms with Crippen LogP contribution in [0, 0.1) is 5.82 Å². The van der Waals surface area contributed by atoms with Crippen molar-refractivity contribution in [1.29, 1.82) is 0 Å². The van der Waals surface area contributed by atoms with Gasteiger partial charge in [-0.3, -0.25) is 0 Å². The maximum atomic E-state index is 14.1. The lowest BCUT2D eigenvalue weighted by Gasteiger charge is -2.32. The summed E-state index contributed by atoms with van der Waals surface area (Å²) < 4.78 is 36.5. The lowest BCUT2D eigenvalue weighted by molar-refractivity contribution is -0.0808. The molecule has 2 fully saturated rings. The minimum absolute atomic E-state index is 0.0535. The van der Waals surface area contributed by atoms with Crippen molar-refractivity contribution in [3.8, 4) is 5.75 Å². The summed E-state index contributed by atoms with van der Waals surface area (Å²) in [5.74, 6) is -0.169. The molecule has 1 aromatic rings. The standard InChI is InChI=1S/C15H20BFO4/c1-14(2)15(3,4)21-16(20-14)10-5-6-13(12(17)7-10)19-11-8-18-9-11/h5-7,11H,8-9H2,1-4H3. The molecule has 0 unspecified atom stereocenters. The van der Waals surface area contributed by atoms with Gasteiger partial charge in [0.15, 0.2) is 11.6 Å². The van der Waals surface area contributed by atoms with E-state index in [1.165, 1.54) is 6.07 Å². The van der Waals surface area contributed by atoms with Gasteiger partial charge < -0.3 is 18.8 Å². The molecule has 114 valence electrons. The molecule has 0 bridgehead atoms. The number of benzene rings is 1. The Balaban J connectivity index is 1.76. The van der Waals surface area contributed by atoms with Crippen molar-refractivity contribution in [2.24, 2.45) is 0 Å². The van der Waals surface area contributed by atoms with E-state index >= 15 is 0 Å². The topological polar surface area (TPSA) is 36.9 Å². The minimum atomic E-state index is -0.564. The molecule has 0 aromatic heterocycles. The Kier molecular flexibility index (Phi) is 3.51. The summed E-state index contributed by atoms with van der Waals surface area (Å²) >= 11 is 0. The molecule has 0 saturated carbocycles.